The van der Waals surface area contributed by atoms with E-state index in [0.29, 0.717) is 11.4 Å². The predicted octanol–water partition coefficient (Wildman–Crippen LogP) is 2.71. The van der Waals surface area contributed by atoms with Crippen molar-refractivity contribution in [1.29, 1.82) is 0 Å². The average molecular weight is 408 g/mol. The molecular weight excluding hydrogens is 384 g/mol. The maximum absolute atomic E-state index is 13.0. The van der Waals surface area contributed by atoms with E-state index in [1.165, 1.54) is 4.90 Å². The number of esters is 1. The molecule has 0 N–H and O–H groups in total. The largest absolute Gasteiger partial charge is 0.491 e. The van der Waals surface area contributed by atoms with Crippen LogP contribution >= 0.6 is 0 Å². The Labute approximate surface area is 175 Å². The molecule has 2 atom stereocenters. The van der Waals surface area contributed by atoms with E-state index < -0.39 is 12.1 Å². The summed E-state index contributed by atoms with van der Waals surface area (Å²) in [6.45, 7) is 3.51. The van der Waals surface area contributed by atoms with Crippen molar-refractivity contribution in [2.45, 2.75) is 38.8 Å². The van der Waals surface area contributed by atoms with Gasteiger partial charge >= 0.3 is 5.97 Å². The Balaban J connectivity index is 1.45. The van der Waals surface area contributed by atoms with E-state index >= 15 is 0 Å². The van der Waals surface area contributed by atoms with Crippen molar-refractivity contribution >= 4 is 29.2 Å². The topological polar surface area (TPSA) is 76.1 Å². The molecule has 2 aliphatic rings. The van der Waals surface area contributed by atoms with Gasteiger partial charge in [-0.1, -0.05) is 30.3 Å². The van der Waals surface area contributed by atoms with Gasteiger partial charge in [0, 0.05) is 11.7 Å². The Morgan fingerprint density at radius 2 is 1.83 bits per heavy atom. The fourth-order valence-electron chi connectivity index (χ4n) is 4.00. The van der Waals surface area contributed by atoms with Crippen LogP contribution in [-0.4, -0.2) is 43.1 Å². The highest BCUT2D eigenvalue weighted by Gasteiger charge is 2.35. The molecular formula is C23H24N2O5. The van der Waals surface area contributed by atoms with Gasteiger partial charge in [0.05, 0.1) is 18.7 Å². The van der Waals surface area contributed by atoms with Gasteiger partial charge in [0.25, 0.3) is 5.91 Å². The molecule has 0 saturated heterocycles. The summed E-state index contributed by atoms with van der Waals surface area (Å²) in [4.78, 5) is 41.1. The predicted molar refractivity (Wildman–Crippen MR) is 112 cm³/mol. The third-order valence-electron chi connectivity index (χ3n) is 5.42. The van der Waals surface area contributed by atoms with Crippen LogP contribution in [0.1, 0.15) is 25.8 Å². The highest BCUT2D eigenvalue weighted by atomic mass is 16.5. The molecule has 4 rings (SSSR count). The number of hydrogen-bond donors (Lipinski definition) is 0. The number of carbonyl (C=O) groups excluding carboxylic acids is 3. The van der Waals surface area contributed by atoms with Gasteiger partial charge in [0.2, 0.25) is 5.91 Å². The summed E-state index contributed by atoms with van der Waals surface area (Å²) in [6, 6.07) is 14.8. The van der Waals surface area contributed by atoms with E-state index in [0.717, 1.165) is 17.7 Å². The number of para-hydroxylation sites is 3. The summed E-state index contributed by atoms with van der Waals surface area (Å²) in [5, 5.41) is 0. The van der Waals surface area contributed by atoms with Crippen LogP contribution in [0.2, 0.25) is 0 Å². The second-order valence-corrected chi connectivity index (χ2v) is 7.57. The molecule has 0 unspecified atom stereocenters. The summed E-state index contributed by atoms with van der Waals surface area (Å²) in [7, 11) is 0. The van der Waals surface area contributed by atoms with Crippen molar-refractivity contribution in [1.82, 2.24) is 0 Å². The van der Waals surface area contributed by atoms with E-state index in [2.05, 4.69) is 0 Å². The van der Waals surface area contributed by atoms with Crippen molar-refractivity contribution in [2.75, 3.05) is 23.0 Å². The van der Waals surface area contributed by atoms with Gasteiger partial charge < -0.3 is 14.4 Å². The van der Waals surface area contributed by atoms with E-state index in [-0.39, 0.29) is 37.4 Å². The lowest BCUT2D eigenvalue weighted by atomic mass is 10.1. The normalized spacial score (nSPS) is 18.7. The first-order valence-electron chi connectivity index (χ1n) is 10.1. The number of anilines is 2. The molecule has 0 saturated carbocycles. The van der Waals surface area contributed by atoms with Gasteiger partial charge in [0.1, 0.15) is 12.3 Å². The molecule has 2 aromatic carbocycles. The minimum absolute atomic E-state index is 0.00716. The standard InChI is InChI=1S/C23H24N2O5/c1-15-13-17-7-3-4-8-18(17)25(15)23(28)16(2)30-22(27)14-24-19-9-5-6-10-20(19)29-12-11-21(24)26/h3-10,15-16H,11-14H2,1-2H3/t15-,16+/m1/s1. The molecule has 0 aliphatic carbocycles. The second-order valence-electron chi connectivity index (χ2n) is 7.57. The smallest absolute Gasteiger partial charge is 0.326 e. The minimum atomic E-state index is -0.959. The summed E-state index contributed by atoms with van der Waals surface area (Å²) in [5.74, 6) is -0.589. The van der Waals surface area contributed by atoms with Crippen LogP contribution in [0.3, 0.4) is 0 Å². The second kappa shape index (κ2) is 8.18. The third kappa shape index (κ3) is 3.75. The van der Waals surface area contributed by atoms with Gasteiger partial charge in [-0.05, 0) is 44.0 Å². The van der Waals surface area contributed by atoms with Crippen LogP contribution < -0.4 is 14.5 Å². The van der Waals surface area contributed by atoms with E-state index in [9.17, 15) is 14.4 Å². The zero-order valence-corrected chi connectivity index (χ0v) is 17.0. The highest BCUT2D eigenvalue weighted by molar-refractivity contribution is 6.02. The number of amides is 2. The molecule has 7 nitrogen and oxygen atoms in total. The lowest BCUT2D eigenvalue weighted by Gasteiger charge is -2.27. The Morgan fingerprint density at radius 3 is 2.63 bits per heavy atom. The number of fused-ring (bicyclic) bond motifs is 2. The molecule has 0 bridgehead atoms. The van der Waals surface area contributed by atoms with E-state index in [4.69, 9.17) is 9.47 Å². The van der Waals surface area contributed by atoms with Gasteiger partial charge in [-0.2, -0.15) is 0 Å². The molecule has 30 heavy (non-hydrogen) atoms. The summed E-state index contributed by atoms with van der Waals surface area (Å²) >= 11 is 0. The zero-order chi connectivity index (χ0) is 21.3. The number of carbonyl (C=O) groups is 3. The fraction of sp³-hybridized carbons (Fsp3) is 0.348. The maximum atomic E-state index is 13.0. The third-order valence-corrected chi connectivity index (χ3v) is 5.42. The van der Waals surface area contributed by atoms with Gasteiger partial charge in [-0.3, -0.25) is 19.3 Å². The zero-order valence-electron chi connectivity index (χ0n) is 17.0. The molecule has 0 spiro atoms. The lowest BCUT2D eigenvalue weighted by molar-refractivity contribution is -0.153. The molecule has 2 aliphatic heterocycles. The Hall–Kier alpha value is -3.35. The van der Waals surface area contributed by atoms with Crippen molar-refractivity contribution in [2.24, 2.45) is 0 Å². The summed E-state index contributed by atoms with van der Waals surface area (Å²) in [6.07, 6.45) is -0.0279. The monoisotopic (exact) mass is 408 g/mol. The van der Waals surface area contributed by atoms with Crippen molar-refractivity contribution < 1.29 is 23.9 Å². The SMILES string of the molecule is C[C@H](OC(=O)CN1C(=O)CCOc2ccccc21)C(=O)N1c2ccccc2C[C@H]1C. The number of benzene rings is 2. The van der Waals surface area contributed by atoms with Crippen LogP contribution in [0, 0.1) is 0 Å². The lowest BCUT2D eigenvalue weighted by Crippen LogP contribution is -2.44. The van der Waals surface area contributed by atoms with Gasteiger partial charge in [-0.15, -0.1) is 0 Å². The molecule has 2 amide bonds. The first-order valence-corrected chi connectivity index (χ1v) is 10.1. The van der Waals surface area contributed by atoms with Crippen LogP contribution in [0.5, 0.6) is 5.75 Å². The molecule has 0 aromatic heterocycles. The molecule has 2 aromatic rings. The van der Waals surface area contributed by atoms with Gasteiger partial charge in [0.15, 0.2) is 6.10 Å². The number of ether oxygens (including phenoxy) is 2. The van der Waals surface area contributed by atoms with Crippen molar-refractivity contribution in [3.05, 3.63) is 54.1 Å². The number of hydrogen-bond acceptors (Lipinski definition) is 5. The fourth-order valence-corrected chi connectivity index (χ4v) is 4.00. The molecule has 7 heteroatoms. The van der Waals surface area contributed by atoms with E-state index in [1.807, 2.05) is 31.2 Å². The minimum Gasteiger partial charge on any atom is -0.491 e. The summed E-state index contributed by atoms with van der Waals surface area (Å²) in [5.41, 5.74) is 2.48. The highest BCUT2D eigenvalue weighted by Crippen LogP contribution is 2.33. The van der Waals surface area contributed by atoms with Crippen LogP contribution in [0.4, 0.5) is 11.4 Å². The van der Waals surface area contributed by atoms with Crippen LogP contribution in [0.25, 0.3) is 0 Å². The van der Waals surface area contributed by atoms with Gasteiger partial charge in [-0.25, -0.2) is 0 Å². The van der Waals surface area contributed by atoms with Crippen molar-refractivity contribution in [3.63, 3.8) is 0 Å². The molecule has 2 heterocycles. The summed E-state index contributed by atoms with van der Waals surface area (Å²) < 4.78 is 11.0. The first kappa shape index (κ1) is 19.9. The molecule has 0 fully saturated rings. The Bertz CT molecular complexity index is 989. The number of nitrogens with zero attached hydrogens (tertiary/aromatic N) is 2. The van der Waals surface area contributed by atoms with E-state index in [1.54, 1.807) is 36.1 Å². The number of rotatable bonds is 4. The van der Waals surface area contributed by atoms with Crippen molar-refractivity contribution in [3.8, 4) is 5.75 Å². The first-order chi connectivity index (χ1) is 14.5. The Morgan fingerprint density at radius 1 is 1.13 bits per heavy atom. The molecule has 156 valence electrons. The maximum Gasteiger partial charge on any atom is 0.326 e. The van der Waals surface area contributed by atoms with Crippen LogP contribution in [0.15, 0.2) is 48.5 Å². The average Bonchev–Trinajstić information content (AvgIpc) is 2.98. The Kier molecular flexibility index (Phi) is 5.44. The molecule has 0 radical (unpaired) electrons. The quantitative estimate of drug-likeness (QED) is 0.727. The van der Waals surface area contributed by atoms with Crippen LogP contribution in [-0.2, 0) is 25.5 Å².